The molecule has 0 amide bonds. The first-order chi connectivity index (χ1) is 9.50. The Morgan fingerprint density at radius 3 is 2.60 bits per heavy atom. The van der Waals surface area contributed by atoms with Gasteiger partial charge >= 0.3 is 6.18 Å². The third-order valence-corrected chi connectivity index (χ3v) is 2.64. The first kappa shape index (κ1) is 13.9. The first-order valence-electron chi connectivity index (χ1n) is 5.76. The molecule has 20 heavy (non-hydrogen) atoms. The van der Waals surface area contributed by atoms with E-state index < -0.39 is 11.7 Å². The smallest absolute Gasteiger partial charge is 0.379 e. The molecular formula is C14H10F3N3. The van der Waals surface area contributed by atoms with E-state index in [2.05, 4.69) is 10.3 Å². The Hall–Kier alpha value is -2.55. The van der Waals surface area contributed by atoms with Crippen LogP contribution in [0.1, 0.15) is 16.8 Å². The third-order valence-electron chi connectivity index (χ3n) is 2.64. The predicted octanol–water partition coefficient (Wildman–Crippen LogP) is 3.58. The Morgan fingerprint density at radius 2 is 2.00 bits per heavy atom. The molecule has 3 nitrogen and oxygen atoms in total. The SMILES string of the molecule is N#Cc1ccc(C(F)(F)F)c(NCc2ccccn2)c1. The number of aromatic nitrogens is 1. The molecule has 0 spiro atoms. The lowest BCUT2D eigenvalue weighted by molar-refractivity contribution is -0.137. The van der Waals surface area contributed by atoms with E-state index in [1.807, 2.05) is 6.07 Å². The third kappa shape index (κ3) is 3.26. The van der Waals surface area contributed by atoms with Crippen LogP contribution in [0.15, 0.2) is 42.6 Å². The van der Waals surface area contributed by atoms with Crippen molar-refractivity contribution in [1.29, 1.82) is 5.26 Å². The van der Waals surface area contributed by atoms with E-state index in [1.54, 1.807) is 24.4 Å². The molecule has 1 aromatic carbocycles. The van der Waals surface area contributed by atoms with Crippen molar-refractivity contribution in [3.63, 3.8) is 0 Å². The van der Waals surface area contributed by atoms with Crippen LogP contribution in [-0.4, -0.2) is 4.98 Å². The lowest BCUT2D eigenvalue weighted by Gasteiger charge is -2.14. The van der Waals surface area contributed by atoms with Gasteiger partial charge in [0.05, 0.1) is 29.4 Å². The number of benzene rings is 1. The topological polar surface area (TPSA) is 48.7 Å². The number of anilines is 1. The van der Waals surface area contributed by atoms with Crippen LogP contribution in [0.3, 0.4) is 0 Å². The molecule has 1 heterocycles. The van der Waals surface area contributed by atoms with Crippen LogP contribution in [0.4, 0.5) is 18.9 Å². The molecule has 0 atom stereocenters. The monoisotopic (exact) mass is 277 g/mol. The number of halogens is 3. The van der Waals surface area contributed by atoms with E-state index in [0.717, 1.165) is 12.1 Å². The van der Waals surface area contributed by atoms with Gasteiger partial charge in [0, 0.05) is 11.9 Å². The Kier molecular flexibility index (Phi) is 3.89. The maximum atomic E-state index is 12.9. The Bertz CT molecular complexity index is 630. The highest BCUT2D eigenvalue weighted by Gasteiger charge is 2.33. The summed E-state index contributed by atoms with van der Waals surface area (Å²) in [5, 5.41) is 11.4. The number of rotatable bonds is 3. The molecule has 2 rings (SSSR count). The van der Waals surface area contributed by atoms with Gasteiger partial charge in [-0.1, -0.05) is 6.07 Å². The fourth-order valence-electron chi connectivity index (χ4n) is 1.70. The van der Waals surface area contributed by atoms with Gasteiger partial charge in [0.1, 0.15) is 0 Å². The van der Waals surface area contributed by atoms with Crippen molar-refractivity contribution >= 4 is 5.69 Å². The normalized spacial score (nSPS) is 10.9. The second-order valence-corrected chi connectivity index (χ2v) is 4.04. The minimum absolute atomic E-state index is 0.123. The zero-order valence-electron chi connectivity index (χ0n) is 10.3. The van der Waals surface area contributed by atoms with Crippen molar-refractivity contribution in [2.24, 2.45) is 0 Å². The summed E-state index contributed by atoms with van der Waals surface area (Å²) in [6.45, 7) is 0.152. The van der Waals surface area contributed by atoms with Crippen molar-refractivity contribution in [3.8, 4) is 6.07 Å². The summed E-state index contributed by atoms with van der Waals surface area (Å²) >= 11 is 0. The predicted molar refractivity (Wildman–Crippen MR) is 67.7 cm³/mol. The van der Waals surface area contributed by atoms with Gasteiger partial charge in [0.15, 0.2) is 0 Å². The van der Waals surface area contributed by atoms with E-state index in [9.17, 15) is 13.2 Å². The molecule has 0 saturated carbocycles. The van der Waals surface area contributed by atoms with Crippen molar-refractivity contribution in [2.75, 3.05) is 5.32 Å². The lowest BCUT2D eigenvalue weighted by Crippen LogP contribution is -2.11. The zero-order chi connectivity index (χ0) is 14.6. The molecule has 0 aliphatic heterocycles. The number of nitrogens with zero attached hydrogens (tertiary/aromatic N) is 2. The number of alkyl halides is 3. The summed E-state index contributed by atoms with van der Waals surface area (Å²) in [6.07, 6.45) is -2.91. The molecule has 0 unspecified atom stereocenters. The summed E-state index contributed by atoms with van der Waals surface area (Å²) in [4.78, 5) is 4.02. The molecular weight excluding hydrogens is 267 g/mol. The van der Waals surface area contributed by atoms with E-state index >= 15 is 0 Å². The van der Waals surface area contributed by atoms with E-state index in [4.69, 9.17) is 5.26 Å². The van der Waals surface area contributed by atoms with E-state index in [0.29, 0.717) is 5.69 Å². The summed E-state index contributed by atoms with van der Waals surface area (Å²) < 4.78 is 38.6. The molecule has 0 radical (unpaired) electrons. The Labute approximate surface area is 113 Å². The number of nitriles is 1. The number of nitrogens with one attached hydrogen (secondary N) is 1. The molecule has 0 fully saturated rings. The van der Waals surface area contributed by atoms with Crippen LogP contribution in [0.25, 0.3) is 0 Å². The average molecular weight is 277 g/mol. The van der Waals surface area contributed by atoms with E-state index in [1.165, 1.54) is 6.07 Å². The molecule has 0 saturated heterocycles. The summed E-state index contributed by atoms with van der Waals surface area (Å²) in [6, 6.07) is 10.2. The minimum Gasteiger partial charge on any atom is -0.379 e. The molecule has 0 aliphatic rings. The van der Waals surface area contributed by atoms with Gasteiger partial charge in [-0.15, -0.1) is 0 Å². The van der Waals surface area contributed by atoms with Crippen LogP contribution in [0, 0.1) is 11.3 Å². The van der Waals surface area contributed by atoms with Crippen LogP contribution >= 0.6 is 0 Å². The van der Waals surface area contributed by atoms with E-state index in [-0.39, 0.29) is 17.8 Å². The molecule has 1 aromatic heterocycles. The van der Waals surface area contributed by atoms with Crippen molar-refractivity contribution < 1.29 is 13.2 Å². The number of hydrogen-bond donors (Lipinski definition) is 1. The largest absolute Gasteiger partial charge is 0.418 e. The first-order valence-corrected chi connectivity index (χ1v) is 5.76. The summed E-state index contributed by atoms with van der Waals surface area (Å²) in [7, 11) is 0. The van der Waals surface area contributed by atoms with Gasteiger partial charge in [0.2, 0.25) is 0 Å². The molecule has 0 aliphatic carbocycles. The van der Waals surface area contributed by atoms with Gasteiger partial charge in [0.25, 0.3) is 0 Å². The minimum atomic E-state index is -4.47. The van der Waals surface area contributed by atoms with Crippen molar-refractivity contribution in [3.05, 3.63) is 59.4 Å². The highest BCUT2D eigenvalue weighted by Crippen LogP contribution is 2.35. The second kappa shape index (κ2) is 5.61. The Morgan fingerprint density at radius 1 is 1.20 bits per heavy atom. The number of pyridine rings is 1. The van der Waals surface area contributed by atoms with Gasteiger partial charge in [-0.2, -0.15) is 18.4 Å². The average Bonchev–Trinajstić information content (AvgIpc) is 2.45. The van der Waals surface area contributed by atoms with Crippen LogP contribution in [-0.2, 0) is 12.7 Å². The van der Waals surface area contributed by atoms with Gasteiger partial charge in [-0.05, 0) is 30.3 Å². The Balaban J connectivity index is 2.27. The quantitative estimate of drug-likeness (QED) is 0.932. The van der Waals surface area contributed by atoms with Crippen molar-refractivity contribution in [2.45, 2.75) is 12.7 Å². The molecule has 0 bridgehead atoms. The summed E-state index contributed by atoms with van der Waals surface area (Å²) in [5.74, 6) is 0. The molecule has 2 aromatic rings. The maximum Gasteiger partial charge on any atom is 0.418 e. The highest BCUT2D eigenvalue weighted by atomic mass is 19.4. The highest BCUT2D eigenvalue weighted by molar-refractivity contribution is 5.57. The van der Waals surface area contributed by atoms with Crippen LogP contribution < -0.4 is 5.32 Å². The van der Waals surface area contributed by atoms with Gasteiger partial charge in [-0.25, -0.2) is 0 Å². The summed E-state index contributed by atoms with van der Waals surface area (Å²) in [5.41, 5.74) is -0.140. The lowest BCUT2D eigenvalue weighted by atomic mass is 10.1. The molecule has 102 valence electrons. The fourth-order valence-corrected chi connectivity index (χ4v) is 1.70. The zero-order valence-corrected chi connectivity index (χ0v) is 10.3. The molecule has 6 heteroatoms. The van der Waals surface area contributed by atoms with Crippen molar-refractivity contribution in [1.82, 2.24) is 4.98 Å². The maximum absolute atomic E-state index is 12.9. The fraction of sp³-hybridized carbons (Fsp3) is 0.143. The molecule has 1 N–H and O–H groups in total. The second-order valence-electron chi connectivity index (χ2n) is 4.04. The van der Waals surface area contributed by atoms with Crippen LogP contribution in [0.5, 0.6) is 0 Å². The van der Waals surface area contributed by atoms with Crippen LogP contribution in [0.2, 0.25) is 0 Å². The van der Waals surface area contributed by atoms with Gasteiger partial charge in [-0.3, -0.25) is 4.98 Å². The van der Waals surface area contributed by atoms with Gasteiger partial charge < -0.3 is 5.32 Å². The number of hydrogen-bond acceptors (Lipinski definition) is 3. The standard InChI is InChI=1S/C14H10F3N3/c15-14(16,17)12-5-4-10(8-18)7-13(12)20-9-11-3-1-2-6-19-11/h1-7,20H,9H2.